The first-order chi connectivity index (χ1) is 15.6. The lowest BCUT2D eigenvalue weighted by molar-refractivity contribution is 0.102. The Morgan fingerprint density at radius 2 is 1.88 bits per heavy atom. The van der Waals surface area contributed by atoms with Crippen molar-refractivity contribution in [3.8, 4) is 11.5 Å². The number of hydrogen-bond acceptors (Lipinski definition) is 6. The van der Waals surface area contributed by atoms with Gasteiger partial charge in [0.25, 0.3) is 11.8 Å². The molecule has 33 heavy (non-hydrogen) atoms. The summed E-state index contributed by atoms with van der Waals surface area (Å²) in [6, 6.07) is 9.65. The first-order valence-electron chi connectivity index (χ1n) is 10.6. The Labute approximate surface area is 199 Å². The minimum Gasteiger partial charge on any atom is -0.334 e. The van der Waals surface area contributed by atoms with Crippen LogP contribution in [-0.2, 0) is 10.0 Å². The Kier molecular flexibility index (Phi) is 7.56. The van der Waals surface area contributed by atoms with E-state index in [1.165, 1.54) is 22.5 Å². The first-order valence-corrected chi connectivity index (χ1v) is 12.5. The largest absolute Gasteiger partial charge is 0.334 e. The molecule has 176 valence electrons. The highest BCUT2D eigenvalue weighted by molar-refractivity contribution is 7.89. The third-order valence-electron chi connectivity index (χ3n) is 5.22. The van der Waals surface area contributed by atoms with Crippen LogP contribution in [0, 0.1) is 6.92 Å². The lowest BCUT2D eigenvalue weighted by atomic mass is 10.1. The van der Waals surface area contributed by atoms with Gasteiger partial charge in [0.1, 0.15) is 4.90 Å². The van der Waals surface area contributed by atoms with Gasteiger partial charge in [-0.1, -0.05) is 56.6 Å². The van der Waals surface area contributed by atoms with E-state index in [4.69, 9.17) is 16.1 Å². The zero-order valence-corrected chi connectivity index (χ0v) is 20.8. The molecular weight excluding hydrogens is 464 g/mol. The Hall–Kier alpha value is -2.75. The number of aromatic nitrogens is 2. The molecule has 0 unspecified atom stereocenters. The van der Waals surface area contributed by atoms with Gasteiger partial charge in [-0.25, -0.2) is 8.42 Å². The summed E-state index contributed by atoms with van der Waals surface area (Å²) >= 11 is 6.20. The minimum absolute atomic E-state index is 0.0575. The summed E-state index contributed by atoms with van der Waals surface area (Å²) in [6.07, 6.45) is 0. The van der Waals surface area contributed by atoms with Crippen LogP contribution in [0.1, 0.15) is 55.4 Å². The molecule has 1 N–H and O–H groups in total. The molecule has 0 fully saturated rings. The van der Waals surface area contributed by atoms with Crippen LogP contribution >= 0.6 is 11.6 Å². The summed E-state index contributed by atoms with van der Waals surface area (Å²) < 4.78 is 32.7. The number of benzene rings is 2. The van der Waals surface area contributed by atoms with Crippen molar-refractivity contribution >= 4 is 33.2 Å². The number of nitrogens with one attached hydrogen (secondary N) is 1. The maximum Gasteiger partial charge on any atom is 0.260 e. The Balaban J connectivity index is 1.99. The van der Waals surface area contributed by atoms with Gasteiger partial charge >= 0.3 is 0 Å². The van der Waals surface area contributed by atoms with Gasteiger partial charge < -0.3 is 9.84 Å². The van der Waals surface area contributed by atoms with Gasteiger partial charge in [0.15, 0.2) is 5.82 Å². The third kappa shape index (κ3) is 5.10. The average Bonchev–Trinajstić information content (AvgIpc) is 3.26. The molecule has 0 aliphatic rings. The van der Waals surface area contributed by atoms with E-state index < -0.39 is 15.9 Å². The highest BCUT2D eigenvalue weighted by Gasteiger charge is 2.26. The van der Waals surface area contributed by atoms with Crippen LogP contribution in [0.15, 0.2) is 45.8 Å². The summed E-state index contributed by atoms with van der Waals surface area (Å²) in [4.78, 5) is 17.5. The van der Waals surface area contributed by atoms with Crippen LogP contribution in [0.5, 0.6) is 0 Å². The predicted octanol–water partition coefficient (Wildman–Crippen LogP) is 5.10. The molecule has 0 radical (unpaired) electrons. The van der Waals surface area contributed by atoms with Crippen molar-refractivity contribution in [2.75, 3.05) is 18.4 Å². The number of para-hydroxylation sites is 1. The van der Waals surface area contributed by atoms with Crippen molar-refractivity contribution in [2.24, 2.45) is 0 Å². The second kappa shape index (κ2) is 10.0. The molecule has 0 aliphatic carbocycles. The maximum absolute atomic E-state index is 13.1. The molecule has 1 amide bonds. The number of anilines is 1. The van der Waals surface area contributed by atoms with Crippen LogP contribution < -0.4 is 5.32 Å². The second-order valence-corrected chi connectivity index (χ2v) is 10.1. The topological polar surface area (TPSA) is 105 Å². The van der Waals surface area contributed by atoms with Crippen molar-refractivity contribution in [3.05, 3.63) is 58.4 Å². The predicted molar refractivity (Wildman–Crippen MR) is 128 cm³/mol. The highest BCUT2D eigenvalue weighted by atomic mass is 35.5. The van der Waals surface area contributed by atoms with E-state index in [-0.39, 0.29) is 21.4 Å². The fourth-order valence-corrected chi connectivity index (χ4v) is 5.28. The van der Waals surface area contributed by atoms with Gasteiger partial charge in [0.05, 0.1) is 16.3 Å². The molecule has 0 atom stereocenters. The van der Waals surface area contributed by atoms with Crippen molar-refractivity contribution in [1.82, 2.24) is 14.4 Å². The van der Waals surface area contributed by atoms with Gasteiger partial charge in [-0.3, -0.25) is 4.79 Å². The van der Waals surface area contributed by atoms with E-state index in [0.717, 1.165) is 5.56 Å². The van der Waals surface area contributed by atoms with Gasteiger partial charge in [-0.2, -0.15) is 9.29 Å². The van der Waals surface area contributed by atoms with Crippen LogP contribution in [-0.4, -0.2) is 41.9 Å². The van der Waals surface area contributed by atoms with Crippen LogP contribution in [0.4, 0.5) is 5.69 Å². The zero-order chi connectivity index (χ0) is 24.3. The van der Waals surface area contributed by atoms with E-state index in [9.17, 15) is 13.2 Å². The molecule has 0 aliphatic heterocycles. The maximum atomic E-state index is 13.1. The quantitative estimate of drug-likeness (QED) is 0.470. The summed E-state index contributed by atoms with van der Waals surface area (Å²) in [6.45, 7) is 9.83. The molecule has 3 aromatic rings. The first kappa shape index (κ1) is 24.9. The standard InChI is InChI=1S/C23H27ClN4O4S/c1-6-28(7-2)33(30,31)19-13-16(11-12-18(19)24)22(29)25-20-15(5)9-8-10-17(20)23-26-21(14(3)4)27-32-23/h8-14H,6-7H2,1-5H3,(H,25,29). The Morgan fingerprint density at radius 3 is 2.48 bits per heavy atom. The normalized spacial score (nSPS) is 11.9. The fourth-order valence-electron chi connectivity index (χ4n) is 3.32. The van der Waals surface area contributed by atoms with Crippen molar-refractivity contribution in [2.45, 2.75) is 45.4 Å². The van der Waals surface area contributed by atoms with Gasteiger partial charge in [-0.15, -0.1) is 0 Å². The number of carbonyl (C=O) groups excluding carboxylic acids is 1. The Bertz CT molecular complexity index is 1270. The molecule has 10 heteroatoms. The molecule has 1 heterocycles. The van der Waals surface area contributed by atoms with Crippen LogP contribution in [0.25, 0.3) is 11.5 Å². The average molecular weight is 491 g/mol. The van der Waals surface area contributed by atoms with Gasteiger partial charge in [0.2, 0.25) is 10.0 Å². The molecule has 8 nitrogen and oxygen atoms in total. The second-order valence-electron chi connectivity index (χ2n) is 7.80. The van der Waals surface area contributed by atoms with E-state index in [1.54, 1.807) is 19.9 Å². The van der Waals surface area contributed by atoms with Crippen molar-refractivity contribution < 1.29 is 17.7 Å². The Morgan fingerprint density at radius 1 is 1.18 bits per heavy atom. The summed E-state index contributed by atoms with van der Waals surface area (Å²) in [5.74, 6) is 0.457. The van der Waals surface area contributed by atoms with Crippen LogP contribution in [0.3, 0.4) is 0 Å². The number of sulfonamides is 1. The van der Waals surface area contributed by atoms with E-state index >= 15 is 0 Å². The van der Waals surface area contributed by atoms with E-state index in [1.807, 2.05) is 32.9 Å². The van der Waals surface area contributed by atoms with Crippen LogP contribution in [0.2, 0.25) is 5.02 Å². The number of amides is 1. The number of hydrogen-bond donors (Lipinski definition) is 1. The van der Waals surface area contributed by atoms with E-state index in [2.05, 4.69) is 15.5 Å². The lowest BCUT2D eigenvalue weighted by Crippen LogP contribution is -2.31. The number of nitrogens with zero attached hydrogens (tertiary/aromatic N) is 3. The number of halogens is 1. The van der Waals surface area contributed by atoms with Crippen molar-refractivity contribution in [1.29, 1.82) is 0 Å². The lowest BCUT2D eigenvalue weighted by Gasteiger charge is -2.19. The molecule has 0 bridgehead atoms. The molecule has 3 rings (SSSR count). The molecule has 0 saturated heterocycles. The third-order valence-corrected chi connectivity index (χ3v) is 7.75. The minimum atomic E-state index is -3.84. The van der Waals surface area contributed by atoms with Crippen molar-refractivity contribution in [3.63, 3.8) is 0 Å². The molecule has 2 aromatic carbocycles. The summed E-state index contributed by atoms with van der Waals surface area (Å²) in [5, 5.41) is 6.92. The van der Waals surface area contributed by atoms with Gasteiger partial charge in [0, 0.05) is 24.6 Å². The fraction of sp³-hybridized carbons (Fsp3) is 0.348. The summed E-state index contributed by atoms with van der Waals surface area (Å²) in [5.41, 5.74) is 2.03. The number of carbonyl (C=O) groups is 1. The number of rotatable bonds is 8. The molecule has 1 aromatic heterocycles. The summed E-state index contributed by atoms with van der Waals surface area (Å²) in [7, 11) is -3.84. The number of aryl methyl sites for hydroxylation is 1. The van der Waals surface area contributed by atoms with E-state index in [0.29, 0.717) is 36.1 Å². The highest BCUT2D eigenvalue weighted by Crippen LogP contribution is 2.32. The van der Waals surface area contributed by atoms with Gasteiger partial charge in [-0.05, 0) is 36.8 Å². The SMILES string of the molecule is CCN(CC)S(=O)(=O)c1cc(C(=O)Nc2c(C)cccc2-c2nc(C(C)C)no2)ccc1Cl. The molecular formula is C23H27ClN4O4S. The molecule has 0 saturated carbocycles. The zero-order valence-electron chi connectivity index (χ0n) is 19.2. The monoisotopic (exact) mass is 490 g/mol. The molecule has 0 spiro atoms. The smallest absolute Gasteiger partial charge is 0.260 e.